The fraction of sp³-hybridized carbons (Fsp3) is 0.130. The summed E-state index contributed by atoms with van der Waals surface area (Å²) in [5.41, 5.74) is 4.75. The van der Waals surface area contributed by atoms with Crippen molar-refractivity contribution in [1.29, 1.82) is 0 Å². The van der Waals surface area contributed by atoms with E-state index >= 15 is 0 Å². The van der Waals surface area contributed by atoms with E-state index in [9.17, 15) is 4.79 Å². The first kappa shape index (κ1) is 19.8. The second-order valence-electron chi connectivity index (χ2n) is 6.85. The van der Waals surface area contributed by atoms with Crippen LogP contribution in [-0.2, 0) is 4.79 Å². The van der Waals surface area contributed by atoms with Gasteiger partial charge in [0.05, 0.1) is 11.4 Å². The number of aryl methyl sites for hydroxylation is 2. The molecule has 2 aromatic heterocycles. The van der Waals surface area contributed by atoms with Gasteiger partial charge in [0, 0.05) is 11.9 Å². The maximum absolute atomic E-state index is 12.4. The molecule has 0 fully saturated rings. The van der Waals surface area contributed by atoms with Crippen LogP contribution in [0.4, 0.5) is 5.69 Å². The molecule has 0 radical (unpaired) electrons. The number of nitrogens with one attached hydrogen (secondary N) is 1. The van der Waals surface area contributed by atoms with Gasteiger partial charge in [-0.25, -0.2) is 0 Å². The highest BCUT2D eigenvalue weighted by atomic mass is 32.2. The van der Waals surface area contributed by atoms with E-state index in [1.165, 1.54) is 17.3 Å². The van der Waals surface area contributed by atoms with Gasteiger partial charge in [-0.15, -0.1) is 10.2 Å². The Morgan fingerprint density at radius 1 is 1.00 bits per heavy atom. The lowest BCUT2D eigenvalue weighted by molar-refractivity contribution is -0.113. The third-order valence-corrected chi connectivity index (χ3v) is 5.44. The second-order valence-corrected chi connectivity index (χ2v) is 7.79. The predicted molar refractivity (Wildman–Crippen MR) is 120 cm³/mol. The van der Waals surface area contributed by atoms with Gasteiger partial charge in [0.25, 0.3) is 0 Å². The van der Waals surface area contributed by atoms with E-state index in [4.69, 9.17) is 0 Å². The summed E-state index contributed by atoms with van der Waals surface area (Å²) in [7, 11) is 0. The molecule has 6 nitrogen and oxygen atoms in total. The van der Waals surface area contributed by atoms with E-state index in [0.717, 1.165) is 22.6 Å². The van der Waals surface area contributed by atoms with Crippen LogP contribution in [-0.4, -0.2) is 31.4 Å². The number of hydrogen-bond acceptors (Lipinski definition) is 5. The summed E-state index contributed by atoms with van der Waals surface area (Å²) in [5, 5.41) is 12.3. The molecule has 2 aromatic carbocycles. The fourth-order valence-corrected chi connectivity index (χ4v) is 3.89. The summed E-state index contributed by atoms with van der Waals surface area (Å²) in [4.78, 5) is 16.9. The van der Waals surface area contributed by atoms with Crippen LogP contribution < -0.4 is 5.32 Å². The van der Waals surface area contributed by atoms with Gasteiger partial charge in [0.15, 0.2) is 11.0 Å². The normalized spacial score (nSPS) is 10.7. The number of pyridine rings is 1. The van der Waals surface area contributed by atoms with Crippen molar-refractivity contribution in [2.45, 2.75) is 19.0 Å². The summed E-state index contributed by atoms with van der Waals surface area (Å²) in [6.07, 6.45) is 1.73. The number of nitrogens with zero attached hydrogens (tertiary/aromatic N) is 4. The molecule has 0 saturated carbocycles. The standard InChI is InChI=1S/C23H21N5OS/c1-16-11-12-20(17(2)14-16)28-22(19-10-6-7-13-24-19)26-27-23(28)30-15-21(29)25-18-8-4-3-5-9-18/h3-14H,15H2,1-2H3,(H,25,29). The van der Waals surface area contributed by atoms with Gasteiger partial charge in [0.2, 0.25) is 5.91 Å². The van der Waals surface area contributed by atoms with Crippen molar-refractivity contribution >= 4 is 23.4 Å². The first-order chi connectivity index (χ1) is 14.6. The number of hydrogen-bond donors (Lipinski definition) is 1. The highest BCUT2D eigenvalue weighted by Gasteiger charge is 2.19. The zero-order chi connectivity index (χ0) is 20.9. The van der Waals surface area contributed by atoms with Gasteiger partial charge in [-0.1, -0.05) is 53.7 Å². The third kappa shape index (κ3) is 4.41. The Bertz CT molecular complexity index is 1160. The number of benzene rings is 2. The molecule has 0 aliphatic rings. The minimum Gasteiger partial charge on any atom is -0.325 e. The maximum Gasteiger partial charge on any atom is 0.234 e. The van der Waals surface area contributed by atoms with E-state index in [0.29, 0.717) is 11.0 Å². The molecule has 30 heavy (non-hydrogen) atoms. The molecule has 1 N–H and O–H groups in total. The molecule has 0 aliphatic carbocycles. The summed E-state index contributed by atoms with van der Waals surface area (Å²) in [5.74, 6) is 0.773. The van der Waals surface area contributed by atoms with Crippen molar-refractivity contribution in [3.05, 3.63) is 84.1 Å². The molecule has 4 rings (SSSR count). The lowest BCUT2D eigenvalue weighted by Crippen LogP contribution is -2.14. The minimum absolute atomic E-state index is 0.0965. The number of carbonyl (C=O) groups excluding carboxylic acids is 1. The molecule has 1 amide bonds. The Morgan fingerprint density at radius 2 is 1.80 bits per heavy atom. The molecule has 0 spiro atoms. The van der Waals surface area contributed by atoms with E-state index in [2.05, 4.69) is 52.5 Å². The van der Waals surface area contributed by atoms with E-state index in [1.807, 2.05) is 53.1 Å². The van der Waals surface area contributed by atoms with Crippen molar-refractivity contribution in [3.63, 3.8) is 0 Å². The predicted octanol–water partition coefficient (Wildman–Crippen LogP) is 4.68. The Morgan fingerprint density at radius 3 is 2.53 bits per heavy atom. The highest BCUT2D eigenvalue weighted by molar-refractivity contribution is 7.99. The Balaban J connectivity index is 1.64. The molecule has 0 saturated heterocycles. The fourth-order valence-electron chi connectivity index (χ4n) is 3.15. The second kappa shape index (κ2) is 8.92. The van der Waals surface area contributed by atoms with Gasteiger partial charge >= 0.3 is 0 Å². The van der Waals surface area contributed by atoms with Crippen LogP contribution in [0.2, 0.25) is 0 Å². The molecule has 4 aromatic rings. The molecule has 0 unspecified atom stereocenters. The monoisotopic (exact) mass is 415 g/mol. The number of para-hydroxylation sites is 1. The highest BCUT2D eigenvalue weighted by Crippen LogP contribution is 2.29. The quantitative estimate of drug-likeness (QED) is 0.463. The number of amides is 1. The largest absolute Gasteiger partial charge is 0.325 e. The van der Waals surface area contributed by atoms with Crippen LogP contribution in [0.1, 0.15) is 11.1 Å². The van der Waals surface area contributed by atoms with Crippen LogP contribution in [0.5, 0.6) is 0 Å². The number of aromatic nitrogens is 4. The average molecular weight is 416 g/mol. The SMILES string of the molecule is Cc1ccc(-n2c(SCC(=O)Nc3ccccc3)nnc2-c2ccccn2)c(C)c1. The number of thioether (sulfide) groups is 1. The van der Waals surface area contributed by atoms with E-state index < -0.39 is 0 Å². The maximum atomic E-state index is 12.4. The first-order valence-corrected chi connectivity index (χ1v) is 10.5. The topological polar surface area (TPSA) is 72.7 Å². The van der Waals surface area contributed by atoms with Crippen LogP contribution >= 0.6 is 11.8 Å². The number of carbonyl (C=O) groups is 1. The van der Waals surface area contributed by atoms with Crippen LogP contribution in [0, 0.1) is 13.8 Å². The average Bonchev–Trinajstić information content (AvgIpc) is 3.17. The van der Waals surface area contributed by atoms with Crippen molar-refractivity contribution < 1.29 is 4.79 Å². The zero-order valence-electron chi connectivity index (χ0n) is 16.7. The lowest BCUT2D eigenvalue weighted by atomic mass is 10.1. The summed E-state index contributed by atoms with van der Waals surface area (Å²) in [6, 6.07) is 21.3. The molecular formula is C23H21N5OS. The number of rotatable bonds is 6. The van der Waals surface area contributed by atoms with Crippen LogP contribution in [0.3, 0.4) is 0 Å². The van der Waals surface area contributed by atoms with Gasteiger partial charge in [0.1, 0.15) is 5.69 Å². The van der Waals surface area contributed by atoms with Gasteiger partial charge < -0.3 is 5.32 Å². The zero-order valence-corrected chi connectivity index (χ0v) is 17.6. The van der Waals surface area contributed by atoms with Crippen molar-refractivity contribution in [2.24, 2.45) is 0 Å². The Kier molecular flexibility index (Phi) is 5.90. The van der Waals surface area contributed by atoms with Gasteiger partial charge in [-0.3, -0.25) is 14.3 Å². The van der Waals surface area contributed by atoms with Crippen LogP contribution in [0.15, 0.2) is 78.1 Å². The Hall–Kier alpha value is -3.45. The summed E-state index contributed by atoms with van der Waals surface area (Å²) >= 11 is 1.35. The minimum atomic E-state index is -0.0965. The van der Waals surface area contributed by atoms with Crippen molar-refractivity contribution in [1.82, 2.24) is 19.7 Å². The third-order valence-electron chi connectivity index (χ3n) is 4.51. The van der Waals surface area contributed by atoms with E-state index in [-0.39, 0.29) is 11.7 Å². The van der Waals surface area contributed by atoms with Crippen molar-refractivity contribution in [3.8, 4) is 17.2 Å². The van der Waals surface area contributed by atoms with Gasteiger partial charge in [-0.2, -0.15) is 0 Å². The number of anilines is 1. The van der Waals surface area contributed by atoms with Crippen molar-refractivity contribution in [2.75, 3.05) is 11.1 Å². The van der Waals surface area contributed by atoms with E-state index in [1.54, 1.807) is 6.20 Å². The van der Waals surface area contributed by atoms with Gasteiger partial charge in [-0.05, 0) is 49.7 Å². The smallest absolute Gasteiger partial charge is 0.234 e. The molecule has 150 valence electrons. The van der Waals surface area contributed by atoms with Crippen LogP contribution in [0.25, 0.3) is 17.2 Å². The molecular weight excluding hydrogens is 394 g/mol. The molecule has 7 heteroatoms. The molecule has 0 bridgehead atoms. The molecule has 0 aliphatic heterocycles. The molecule has 2 heterocycles. The summed E-state index contributed by atoms with van der Waals surface area (Å²) in [6.45, 7) is 4.12. The first-order valence-electron chi connectivity index (χ1n) is 9.54. The molecule has 0 atom stereocenters. The summed E-state index contributed by atoms with van der Waals surface area (Å²) < 4.78 is 1.97. The Labute approximate surface area is 179 Å². The lowest BCUT2D eigenvalue weighted by Gasteiger charge is -2.13.